The van der Waals surface area contributed by atoms with E-state index in [0.29, 0.717) is 13.0 Å². The molecule has 0 aliphatic carbocycles. The first-order valence-corrected chi connectivity index (χ1v) is 8.03. The third-order valence-electron chi connectivity index (χ3n) is 3.97. The van der Waals surface area contributed by atoms with Crippen molar-refractivity contribution >= 4 is 5.91 Å². The topological polar surface area (TPSA) is 56.8 Å². The standard InChI is InChI=1S/C19H21NO4/c1-22-16-6-2-14(3-7-16)5-9-19(21)20-11-10-15-4-8-17-18(12-15)24-13-23-17/h2-4,6-8,12H,5,9-11,13H2,1H3,(H,20,21). The second-order valence-corrected chi connectivity index (χ2v) is 5.64. The molecule has 0 aromatic heterocycles. The van der Waals surface area contributed by atoms with Crippen LogP contribution in [0.3, 0.4) is 0 Å². The lowest BCUT2D eigenvalue weighted by Gasteiger charge is -2.07. The first kappa shape index (κ1) is 16.2. The zero-order valence-electron chi connectivity index (χ0n) is 13.7. The van der Waals surface area contributed by atoms with E-state index >= 15 is 0 Å². The summed E-state index contributed by atoms with van der Waals surface area (Å²) in [5.41, 5.74) is 2.25. The zero-order chi connectivity index (χ0) is 16.8. The summed E-state index contributed by atoms with van der Waals surface area (Å²) < 4.78 is 15.8. The van der Waals surface area contributed by atoms with Crippen LogP contribution in [0.2, 0.25) is 0 Å². The van der Waals surface area contributed by atoms with Gasteiger partial charge in [0.05, 0.1) is 7.11 Å². The minimum atomic E-state index is 0.0616. The molecule has 0 radical (unpaired) electrons. The maximum absolute atomic E-state index is 11.9. The first-order chi connectivity index (χ1) is 11.7. The number of benzene rings is 2. The molecule has 0 atom stereocenters. The molecule has 1 heterocycles. The Balaban J connectivity index is 1.39. The van der Waals surface area contributed by atoms with Gasteiger partial charge in [0, 0.05) is 13.0 Å². The predicted octanol–water partition coefficient (Wildman–Crippen LogP) is 2.72. The number of amides is 1. The van der Waals surface area contributed by atoms with Crippen LogP contribution in [0.25, 0.3) is 0 Å². The van der Waals surface area contributed by atoms with E-state index in [9.17, 15) is 4.79 Å². The van der Waals surface area contributed by atoms with E-state index in [1.807, 2.05) is 42.5 Å². The summed E-state index contributed by atoms with van der Waals surface area (Å²) in [6.07, 6.45) is 1.97. The third kappa shape index (κ3) is 4.19. The van der Waals surface area contributed by atoms with E-state index in [0.717, 1.165) is 41.2 Å². The van der Waals surface area contributed by atoms with Crippen molar-refractivity contribution in [3.8, 4) is 17.2 Å². The van der Waals surface area contributed by atoms with Crippen LogP contribution in [0.1, 0.15) is 17.5 Å². The summed E-state index contributed by atoms with van der Waals surface area (Å²) in [7, 11) is 1.64. The molecule has 1 aliphatic rings. The Morgan fingerprint density at radius 3 is 2.58 bits per heavy atom. The molecule has 5 heteroatoms. The summed E-state index contributed by atoms with van der Waals surface area (Å²) in [5.74, 6) is 2.44. The van der Waals surface area contributed by atoms with E-state index in [1.165, 1.54) is 0 Å². The van der Waals surface area contributed by atoms with Crippen LogP contribution >= 0.6 is 0 Å². The minimum Gasteiger partial charge on any atom is -0.497 e. The van der Waals surface area contributed by atoms with Gasteiger partial charge in [0.1, 0.15) is 5.75 Å². The van der Waals surface area contributed by atoms with E-state index < -0.39 is 0 Å². The van der Waals surface area contributed by atoms with Gasteiger partial charge in [-0.1, -0.05) is 18.2 Å². The average Bonchev–Trinajstić information content (AvgIpc) is 3.08. The Morgan fingerprint density at radius 1 is 1.04 bits per heavy atom. The molecule has 0 bridgehead atoms. The van der Waals surface area contributed by atoms with Gasteiger partial charge in [-0.15, -0.1) is 0 Å². The molecule has 2 aromatic rings. The molecule has 0 spiro atoms. The molecular weight excluding hydrogens is 306 g/mol. The van der Waals surface area contributed by atoms with E-state index in [2.05, 4.69) is 5.32 Å². The summed E-state index contributed by atoms with van der Waals surface area (Å²) >= 11 is 0. The smallest absolute Gasteiger partial charge is 0.231 e. The predicted molar refractivity (Wildman–Crippen MR) is 90.6 cm³/mol. The number of hydrogen-bond acceptors (Lipinski definition) is 4. The number of ether oxygens (including phenoxy) is 3. The molecule has 126 valence electrons. The van der Waals surface area contributed by atoms with E-state index in [4.69, 9.17) is 14.2 Å². The highest BCUT2D eigenvalue weighted by molar-refractivity contribution is 5.76. The van der Waals surface area contributed by atoms with Crippen molar-refractivity contribution in [2.45, 2.75) is 19.3 Å². The van der Waals surface area contributed by atoms with Gasteiger partial charge in [-0.25, -0.2) is 0 Å². The van der Waals surface area contributed by atoms with Crippen LogP contribution in [0.4, 0.5) is 0 Å². The Bertz CT molecular complexity index is 697. The number of nitrogens with one attached hydrogen (secondary N) is 1. The van der Waals surface area contributed by atoms with Crippen LogP contribution in [0.15, 0.2) is 42.5 Å². The van der Waals surface area contributed by atoms with Gasteiger partial charge in [-0.05, 0) is 48.2 Å². The number of methoxy groups -OCH3 is 1. The van der Waals surface area contributed by atoms with E-state index in [1.54, 1.807) is 7.11 Å². The van der Waals surface area contributed by atoms with Crippen molar-refractivity contribution in [1.82, 2.24) is 5.32 Å². The van der Waals surface area contributed by atoms with Crippen LogP contribution in [-0.2, 0) is 17.6 Å². The summed E-state index contributed by atoms with van der Waals surface area (Å²) in [6.45, 7) is 0.891. The quantitative estimate of drug-likeness (QED) is 0.849. The van der Waals surface area contributed by atoms with Crippen molar-refractivity contribution in [1.29, 1.82) is 0 Å². The third-order valence-corrected chi connectivity index (χ3v) is 3.97. The molecule has 0 saturated heterocycles. The van der Waals surface area contributed by atoms with Crippen LogP contribution in [-0.4, -0.2) is 26.4 Å². The van der Waals surface area contributed by atoms with Crippen molar-refractivity contribution < 1.29 is 19.0 Å². The lowest BCUT2D eigenvalue weighted by molar-refractivity contribution is -0.121. The second kappa shape index (κ2) is 7.73. The normalized spacial score (nSPS) is 12.0. The Kier molecular flexibility index (Phi) is 5.21. The van der Waals surface area contributed by atoms with Crippen molar-refractivity contribution in [2.75, 3.05) is 20.4 Å². The molecule has 3 rings (SSSR count). The van der Waals surface area contributed by atoms with Crippen LogP contribution in [0, 0.1) is 0 Å². The van der Waals surface area contributed by atoms with Crippen LogP contribution in [0.5, 0.6) is 17.2 Å². The monoisotopic (exact) mass is 327 g/mol. The molecule has 1 N–H and O–H groups in total. The average molecular weight is 327 g/mol. The van der Waals surface area contributed by atoms with Crippen LogP contribution < -0.4 is 19.5 Å². The van der Waals surface area contributed by atoms with Gasteiger partial charge in [-0.3, -0.25) is 4.79 Å². The lowest BCUT2D eigenvalue weighted by atomic mass is 10.1. The highest BCUT2D eigenvalue weighted by Gasteiger charge is 2.13. The summed E-state index contributed by atoms with van der Waals surface area (Å²) in [4.78, 5) is 11.9. The fourth-order valence-electron chi connectivity index (χ4n) is 2.58. The molecule has 0 saturated carbocycles. The summed E-state index contributed by atoms with van der Waals surface area (Å²) in [6, 6.07) is 13.7. The second-order valence-electron chi connectivity index (χ2n) is 5.64. The molecule has 0 fully saturated rings. The number of rotatable bonds is 7. The maximum Gasteiger partial charge on any atom is 0.231 e. The maximum atomic E-state index is 11.9. The van der Waals surface area contributed by atoms with Crippen molar-refractivity contribution in [2.24, 2.45) is 0 Å². The molecule has 2 aromatic carbocycles. The Hall–Kier alpha value is -2.69. The lowest BCUT2D eigenvalue weighted by Crippen LogP contribution is -2.25. The minimum absolute atomic E-state index is 0.0616. The number of carbonyl (C=O) groups is 1. The number of carbonyl (C=O) groups excluding carboxylic acids is 1. The number of aryl methyl sites for hydroxylation is 1. The number of fused-ring (bicyclic) bond motifs is 1. The number of hydrogen-bond donors (Lipinski definition) is 1. The molecule has 1 aliphatic heterocycles. The largest absolute Gasteiger partial charge is 0.497 e. The van der Waals surface area contributed by atoms with Crippen molar-refractivity contribution in [3.05, 3.63) is 53.6 Å². The van der Waals surface area contributed by atoms with Gasteiger partial charge in [0.25, 0.3) is 0 Å². The molecular formula is C19H21NO4. The SMILES string of the molecule is COc1ccc(CCC(=O)NCCc2ccc3c(c2)OCO3)cc1. The highest BCUT2D eigenvalue weighted by Crippen LogP contribution is 2.32. The summed E-state index contributed by atoms with van der Waals surface area (Å²) in [5, 5.41) is 2.96. The van der Waals surface area contributed by atoms with Gasteiger partial charge in [0.2, 0.25) is 12.7 Å². The Morgan fingerprint density at radius 2 is 1.79 bits per heavy atom. The molecule has 5 nitrogen and oxygen atoms in total. The molecule has 24 heavy (non-hydrogen) atoms. The fourth-order valence-corrected chi connectivity index (χ4v) is 2.58. The first-order valence-electron chi connectivity index (χ1n) is 8.03. The zero-order valence-corrected chi connectivity index (χ0v) is 13.7. The van der Waals surface area contributed by atoms with Crippen molar-refractivity contribution in [3.63, 3.8) is 0 Å². The van der Waals surface area contributed by atoms with Gasteiger partial charge < -0.3 is 19.5 Å². The molecule has 0 unspecified atom stereocenters. The van der Waals surface area contributed by atoms with E-state index in [-0.39, 0.29) is 12.7 Å². The highest BCUT2D eigenvalue weighted by atomic mass is 16.7. The Labute approximate surface area is 141 Å². The fraction of sp³-hybridized carbons (Fsp3) is 0.316. The molecule has 1 amide bonds. The van der Waals surface area contributed by atoms with Gasteiger partial charge in [-0.2, -0.15) is 0 Å². The van der Waals surface area contributed by atoms with Gasteiger partial charge >= 0.3 is 0 Å². The van der Waals surface area contributed by atoms with Gasteiger partial charge in [0.15, 0.2) is 11.5 Å².